The molecule has 1 unspecified atom stereocenters. The highest BCUT2D eigenvalue weighted by Crippen LogP contribution is 2.32. The van der Waals surface area contributed by atoms with Gasteiger partial charge in [0.1, 0.15) is 5.75 Å². The van der Waals surface area contributed by atoms with Gasteiger partial charge in [-0.25, -0.2) is 0 Å². The van der Waals surface area contributed by atoms with Gasteiger partial charge < -0.3 is 20.5 Å². The van der Waals surface area contributed by atoms with E-state index in [1.54, 1.807) is 6.26 Å². The number of carbonyl (C=O) groups is 2. The standard InChI is InChI=1S/C22H33N3O3S/c1-25(19-4-3-5-19)22(27)20(23)16-8-10-17(11-9-16)21(26)24-18-12-6-15(7-13-18)14-29(2)28/h6-7,12-13,16-17,19-20H,3-5,8-11,14,23H2,1-2H3,(H,24,26)/t16?,17?,20-,29?/m0/s1. The van der Waals surface area contributed by atoms with E-state index in [2.05, 4.69) is 5.32 Å². The number of carbonyl (C=O) groups excluding carboxylic acids is 2. The summed E-state index contributed by atoms with van der Waals surface area (Å²) >= 11 is -0.876. The summed E-state index contributed by atoms with van der Waals surface area (Å²) in [6, 6.07) is 7.42. The molecule has 3 rings (SSSR count). The maximum atomic E-state index is 12.6. The lowest BCUT2D eigenvalue weighted by Crippen LogP contribution is -2.52. The van der Waals surface area contributed by atoms with Gasteiger partial charge in [-0.05, 0) is 63.0 Å². The van der Waals surface area contributed by atoms with Crippen molar-refractivity contribution in [1.82, 2.24) is 4.90 Å². The van der Waals surface area contributed by atoms with Crippen molar-refractivity contribution in [3.8, 4) is 0 Å². The van der Waals surface area contributed by atoms with Crippen LogP contribution >= 0.6 is 0 Å². The number of benzene rings is 1. The van der Waals surface area contributed by atoms with Crippen LogP contribution in [0, 0.1) is 11.8 Å². The van der Waals surface area contributed by atoms with Crippen LogP contribution in [-0.4, -0.2) is 46.7 Å². The number of rotatable bonds is 7. The SMILES string of the molecule is CN(C(=O)[C@@H](N)C1CCC(C(=O)Nc2ccc(C[S+](C)[O-])cc2)CC1)C1CCC1. The van der Waals surface area contributed by atoms with Crippen molar-refractivity contribution in [2.75, 3.05) is 18.6 Å². The summed E-state index contributed by atoms with van der Waals surface area (Å²) < 4.78 is 11.3. The fourth-order valence-electron chi connectivity index (χ4n) is 4.29. The summed E-state index contributed by atoms with van der Waals surface area (Å²) in [6.45, 7) is 0. The number of hydrogen-bond donors (Lipinski definition) is 2. The first-order valence-corrected chi connectivity index (χ1v) is 12.3. The smallest absolute Gasteiger partial charge is 0.239 e. The Bertz CT molecular complexity index is 698. The van der Waals surface area contributed by atoms with Crippen molar-refractivity contribution < 1.29 is 14.1 Å². The summed E-state index contributed by atoms with van der Waals surface area (Å²) in [6.07, 6.45) is 8.18. The molecule has 2 atom stereocenters. The van der Waals surface area contributed by atoms with Gasteiger partial charge in [0.15, 0.2) is 0 Å². The molecule has 2 amide bonds. The van der Waals surface area contributed by atoms with Crippen LogP contribution in [0.4, 0.5) is 5.69 Å². The molecule has 0 heterocycles. The molecule has 160 valence electrons. The molecule has 2 aliphatic rings. The van der Waals surface area contributed by atoms with Gasteiger partial charge in [0.05, 0.1) is 12.3 Å². The third-order valence-electron chi connectivity index (χ3n) is 6.50. The third-order valence-corrected chi connectivity index (χ3v) is 7.24. The van der Waals surface area contributed by atoms with Crippen LogP contribution < -0.4 is 11.1 Å². The number of nitrogens with zero attached hydrogens (tertiary/aromatic N) is 1. The Hall–Kier alpha value is -1.57. The first-order valence-electron chi connectivity index (χ1n) is 10.6. The summed E-state index contributed by atoms with van der Waals surface area (Å²) in [7, 11) is 1.87. The second-order valence-electron chi connectivity index (χ2n) is 8.58. The van der Waals surface area contributed by atoms with Crippen LogP contribution in [0.25, 0.3) is 0 Å². The maximum Gasteiger partial charge on any atom is 0.239 e. The molecule has 6 nitrogen and oxygen atoms in total. The van der Waals surface area contributed by atoms with Crippen LogP contribution in [-0.2, 0) is 26.5 Å². The Kier molecular flexibility index (Phi) is 7.60. The number of nitrogens with one attached hydrogen (secondary N) is 1. The molecule has 2 fully saturated rings. The highest BCUT2D eigenvalue weighted by atomic mass is 32.2. The van der Waals surface area contributed by atoms with E-state index in [0.717, 1.165) is 49.8 Å². The Morgan fingerprint density at radius 3 is 2.31 bits per heavy atom. The Morgan fingerprint density at radius 2 is 1.79 bits per heavy atom. The Balaban J connectivity index is 1.45. The number of likely N-dealkylation sites (N-methyl/N-ethyl adjacent to an activating group) is 1. The highest BCUT2D eigenvalue weighted by molar-refractivity contribution is 7.89. The van der Waals surface area contributed by atoms with Crippen molar-refractivity contribution in [1.29, 1.82) is 0 Å². The fraction of sp³-hybridized carbons (Fsp3) is 0.636. The molecule has 0 aromatic heterocycles. The predicted molar refractivity (Wildman–Crippen MR) is 117 cm³/mol. The number of hydrogen-bond acceptors (Lipinski definition) is 4. The van der Waals surface area contributed by atoms with Gasteiger partial charge in [-0.2, -0.15) is 0 Å². The minimum Gasteiger partial charge on any atom is -0.616 e. The zero-order chi connectivity index (χ0) is 21.0. The van der Waals surface area contributed by atoms with Gasteiger partial charge >= 0.3 is 0 Å². The van der Waals surface area contributed by atoms with E-state index < -0.39 is 17.2 Å². The quantitative estimate of drug-likeness (QED) is 0.664. The molecule has 3 N–H and O–H groups in total. The van der Waals surface area contributed by atoms with Gasteiger partial charge in [-0.3, -0.25) is 9.59 Å². The maximum absolute atomic E-state index is 12.6. The third kappa shape index (κ3) is 5.74. The van der Waals surface area contributed by atoms with Crippen LogP contribution in [0.3, 0.4) is 0 Å². The minimum atomic E-state index is -0.876. The van der Waals surface area contributed by atoms with E-state index in [4.69, 9.17) is 5.73 Å². The van der Waals surface area contributed by atoms with Crippen LogP contribution in [0.2, 0.25) is 0 Å². The summed E-state index contributed by atoms with van der Waals surface area (Å²) in [4.78, 5) is 27.1. The molecule has 2 saturated carbocycles. The van der Waals surface area contributed by atoms with Gasteiger partial charge in [-0.1, -0.05) is 23.3 Å². The van der Waals surface area contributed by atoms with Crippen LogP contribution in [0.5, 0.6) is 0 Å². The van der Waals surface area contributed by atoms with E-state index in [1.807, 2.05) is 36.2 Å². The van der Waals surface area contributed by atoms with Gasteiger partial charge in [0.2, 0.25) is 11.8 Å². The lowest BCUT2D eigenvalue weighted by atomic mass is 9.77. The van der Waals surface area contributed by atoms with Gasteiger partial charge in [-0.15, -0.1) is 0 Å². The highest BCUT2D eigenvalue weighted by Gasteiger charge is 2.35. The van der Waals surface area contributed by atoms with Crippen molar-refractivity contribution in [3.63, 3.8) is 0 Å². The van der Waals surface area contributed by atoms with Crippen molar-refractivity contribution in [3.05, 3.63) is 29.8 Å². The van der Waals surface area contributed by atoms with Crippen LogP contribution in [0.1, 0.15) is 50.5 Å². The first kappa shape index (κ1) is 22.1. The molecule has 7 heteroatoms. The molecule has 0 aliphatic heterocycles. The second kappa shape index (κ2) is 9.96. The predicted octanol–water partition coefficient (Wildman–Crippen LogP) is 2.65. The van der Waals surface area contributed by atoms with Gasteiger partial charge in [0, 0.05) is 30.3 Å². The minimum absolute atomic E-state index is 0.0294. The van der Waals surface area contributed by atoms with E-state index >= 15 is 0 Å². The van der Waals surface area contributed by atoms with Gasteiger partial charge in [0.25, 0.3) is 0 Å². The van der Waals surface area contributed by atoms with Crippen LogP contribution in [0.15, 0.2) is 24.3 Å². The second-order valence-corrected chi connectivity index (χ2v) is 10.0. The number of nitrogens with two attached hydrogens (primary N) is 1. The average molecular weight is 420 g/mol. The topological polar surface area (TPSA) is 98.5 Å². The summed E-state index contributed by atoms with van der Waals surface area (Å²) in [5, 5.41) is 2.99. The lowest BCUT2D eigenvalue weighted by molar-refractivity contribution is -0.136. The van der Waals surface area contributed by atoms with Crippen molar-refractivity contribution in [2.45, 2.75) is 62.8 Å². The fourth-order valence-corrected chi connectivity index (χ4v) is 4.96. The molecular weight excluding hydrogens is 386 g/mol. The molecule has 29 heavy (non-hydrogen) atoms. The zero-order valence-corrected chi connectivity index (χ0v) is 18.2. The monoisotopic (exact) mass is 419 g/mol. The van der Waals surface area contributed by atoms with Crippen molar-refractivity contribution in [2.24, 2.45) is 17.6 Å². The molecule has 0 saturated heterocycles. The Morgan fingerprint density at radius 1 is 1.17 bits per heavy atom. The summed E-state index contributed by atoms with van der Waals surface area (Å²) in [5.74, 6) is 0.717. The zero-order valence-electron chi connectivity index (χ0n) is 17.4. The molecule has 0 radical (unpaired) electrons. The molecule has 0 spiro atoms. The molecule has 1 aromatic carbocycles. The largest absolute Gasteiger partial charge is 0.616 e. The van der Waals surface area contributed by atoms with E-state index in [9.17, 15) is 14.1 Å². The molecule has 1 aromatic rings. The number of anilines is 1. The molecule has 0 bridgehead atoms. The molecular formula is C22H33N3O3S. The van der Waals surface area contributed by atoms with Crippen molar-refractivity contribution >= 4 is 28.7 Å². The molecule has 2 aliphatic carbocycles. The number of amides is 2. The summed E-state index contributed by atoms with van der Waals surface area (Å²) in [5.41, 5.74) is 8.05. The average Bonchev–Trinajstić information content (AvgIpc) is 2.66. The first-order chi connectivity index (χ1) is 13.8. The Labute approximate surface area is 176 Å². The van der Waals surface area contributed by atoms with E-state index in [0.29, 0.717) is 11.8 Å². The van der Waals surface area contributed by atoms with E-state index in [-0.39, 0.29) is 23.7 Å². The van der Waals surface area contributed by atoms with E-state index in [1.165, 1.54) is 6.42 Å². The normalized spacial score (nSPS) is 24.3. The lowest BCUT2D eigenvalue weighted by Gasteiger charge is -2.38.